The van der Waals surface area contributed by atoms with Crippen molar-refractivity contribution in [3.05, 3.63) is 446 Å². The Bertz CT molecular complexity index is 7130. The third kappa shape index (κ3) is 20.6. The Morgan fingerprint density at radius 1 is 0.188 bits per heavy atom. The minimum Gasteiger partial charge on any atom is -0.508 e. The van der Waals surface area contributed by atoms with Crippen LogP contribution in [0.25, 0.3) is 0 Å². The van der Waals surface area contributed by atoms with E-state index in [1.165, 1.54) is 0 Å². The summed E-state index contributed by atoms with van der Waals surface area (Å²) >= 11 is 0. The van der Waals surface area contributed by atoms with Crippen LogP contribution in [0.4, 0.5) is 0 Å². The SMILES string of the molecule is C.C.Cc1cc(C(C)(C)c2ccc(C(C)(c3cc(C)c(O)c(C=O)c3)c3cc(C)c(O)c(C=O)c3)cc2)cc(C=O)c1O.Cc1cc(C(c2cc(C)c(O)cc2C)c2cc(C(C)(C)c3ccc(C(C)(c4cc(C)c(O)c(C(c5cc(C)c(O)cc5C)c5cc(C)c(O)cc5C)c4)c4cc(C)c(O)c(C(c5cc(C)c(O)cc5C)c5cc(C)c(O)cc5C)c4)cc3)cc(C)c2O)c(C)cc1O.Cc1ccc(C)c(O)c1.[H+]. The third-order valence-corrected chi connectivity index (χ3v) is 30.2. The predicted octanol–water partition coefficient (Wildman–Crippen LogP) is 29.1. The largest absolute Gasteiger partial charge is 1.00 e. The molecular weight excluding hydrogens is 1790 g/mol. The molecule has 0 amide bonds. The van der Waals surface area contributed by atoms with E-state index >= 15 is 0 Å². The van der Waals surface area contributed by atoms with Gasteiger partial charge < -0.3 is 66.4 Å². The van der Waals surface area contributed by atoms with Crippen LogP contribution < -0.4 is 0 Å². The van der Waals surface area contributed by atoms with Gasteiger partial charge in [0.2, 0.25) is 0 Å². The number of phenolic OH excluding ortho intramolecular Hbond substituents is 13. The Hall–Kier alpha value is -15.3. The van der Waals surface area contributed by atoms with E-state index in [2.05, 4.69) is 69.3 Å². The van der Waals surface area contributed by atoms with Crippen molar-refractivity contribution in [3.63, 3.8) is 0 Å². The van der Waals surface area contributed by atoms with Crippen molar-refractivity contribution in [2.75, 3.05) is 0 Å². The number of aldehydes is 3. The van der Waals surface area contributed by atoms with Crippen LogP contribution in [-0.4, -0.2) is 85.2 Å². The molecule has 0 aromatic heterocycles. The summed E-state index contributed by atoms with van der Waals surface area (Å²) in [4.78, 5) is 35.2. The molecule has 0 aliphatic rings. The number of rotatable bonds is 22. The zero-order valence-electron chi connectivity index (χ0n) is 87.2. The first-order valence-corrected chi connectivity index (χ1v) is 47.8. The zero-order chi connectivity index (χ0) is 104. The van der Waals surface area contributed by atoms with Crippen molar-refractivity contribution in [2.24, 2.45) is 0 Å². The molecule has 15 aromatic rings. The lowest BCUT2D eigenvalue weighted by atomic mass is 9.67. The highest BCUT2D eigenvalue weighted by molar-refractivity contribution is 5.84. The topological polar surface area (TPSA) is 314 Å². The molecule has 15 rings (SSSR count). The molecule has 15 aromatic carbocycles. The second kappa shape index (κ2) is 42.1. The van der Waals surface area contributed by atoms with Crippen molar-refractivity contribution >= 4 is 18.9 Å². The summed E-state index contributed by atoms with van der Waals surface area (Å²) in [5.41, 5.74) is 28.1. The number of hydrogen-bond donors (Lipinski definition) is 13. The minimum atomic E-state index is -1.06. The molecule has 0 radical (unpaired) electrons. The molecule has 0 aliphatic carbocycles. The number of benzene rings is 15. The van der Waals surface area contributed by atoms with Gasteiger partial charge in [0.15, 0.2) is 18.9 Å². The minimum absolute atomic E-state index is 0. The summed E-state index contributed by atoms with van der Waals surface area (Å²) < 4.78 is 0. The molecule has 0 heterocycles. The van der Waals surface area contributed by atoms with E-state index in [-0.39, 0.29) is 102 Å². The maximum atomic E-state index is 12.8. The number of hydrogen-bond acceptors (Lipinski definition) is 16. The molecule has 0 bridgehead atoms. The van der Waals surface area contributed by atoms with E-state index in [0.29, 0.717) is 108 Å². The van der Waals surface area contributed by atoms with E-state index < -0.39 is 39.4 Å². The van der Waals surface area contributed by atoms with Gasteiger partial charge in [-0.05, 0) is 425 Å². The van der Waals surface area contributed by atoms with Gasteiger partial charge in [0.25, 0.3) is 0 Å². The van der Waals surface area contributed by atoms with Crippen LogP contribution in [0, 0.1) is 138 Å². The first-order chi connectivity index (χ1) is 66.6. The normalized spacial score (nSPS) is 11.6. The van der Waals surface area contributed by atoms with E-state index in [1.807, 2.05) is 242 Å². The second-order valence-corrected chi connectivity index (χ2v) is 41.0. The van der Waals surface area contributed by atoms with Gasteiger partial charge in [-0.3, -0.25) is 14.4 Å². The van der Waals surface area contributed by atoms with Crippen LogP contribution >= 0.6 is 0 Å². The molecule has 13 N–H and O–H groups in total. The van der Waals surface area contributed by atoms with Crippen LogP contribution in [0.1, 0.15) is 324 Å². The molecule has 0 atom stereocenters. The molecule has 16 nitrogen and oxygen atoms in total. The average molecular weight is 1940 g/mol. The Morgan fingerprint density at radius 2 is 0.382 bits per heavy atom. The maximum Gasteiger partial charge on any atom is 1.00 e. The average Bonchev–Trinajstić information content (AvgIpc) is 0.728. The monoisotopic (exact) mass is 1930 g/mol. The Balaban J connectivity index is 0.000000335. The highest BCUT2D eigenvalue weighted by atomic mass is 16.3. The lowest BCUT2D eigenvalue weighted by Crippen LogP contribution is -2.27. The summed E-state index contributed by atoms with van der Waals surface area (Å²) in [6.45, 7) is 50.4. The molecule has 0 spiro atoms. The van der Waals surface area contributed by atoms with Gasteiger partial charge in [0.05, 0.1) is 16.7 Å². The number of phenols is 13. The zero-order valence-corrected chi connectivity index (χ0v) is 86.2. The van der Waals surface area contributed by atoms with Gasteiger partial charge in [-0.1, -0.05) is 182 Å². The molecule has 0 saturated carbocycles. The van der Waals surface area contributed by atoms with Crippen LogP contribution in [0.3, 0.4) is 0 Å². The van der Waals surface area contributed by atoms with Gasteiger partial charge in [-0.2, -0.15) is 0 Å². The van der Waals surface area contributed by atoms with E-state index in [0.717, 1.165) is 134 Å². The quantitative estimate of drug-likeness (QED) is 0.0222. The van der Waals surface area contributed by atoms with E-state index in [1.54, 1.807) is 81.4 Å². The molecular formula is C128H141O16+. The maximum absolute atomic E-state index is 12.8. The Morgan fingerprint density at radius 3 is 0.611 bits per heavy atom. The molecule has 0 unspecified atom stereocenters. The highest BCUT2D eigenvalue weighted by Crippen LogP contribution is 2.55. The van der Waals surface area contributed by atoms with Crippen molar-refractivity contribution in [1.29, 1.82) is 0 Å². The van der Waals surface area contributed by atoms with Crippen molar-refractivity contribution in [1.82, 2.24) is 0 Å². The Kier molecular flexibility index (Phi) is 31.9. The summed E-state index contributed by atoms with van der Waals surface area (Å²) in [5.74, 6) is -0.0733. The second-order valence-electron chi connectivity index (χ2n) is 41.0. The van der Waals surface area contributed by atoms with E-state index in [4.69, 9.17) is 5.11 Å². The lowest BCUT2D eigenvalue weighted by molar-refractivity contribution is 0.111. The molecule has 0 aliphatic heterocycles. The molecule has 0 saturated heterocycles. The van der Waals surface area contributed by atoms with Gasteiger partial charge in [-0.25, -0.2) is 0 Å². The number of aromatic hydroxyl groups is 13. The van der Waals surface area contributed by atoms with E-state index in [9.17, 15) is 75.7 Å². The van der Waals surface area contributed by atoms with Crippen molar-refractivity contribution in [3.8, 4) is 74.7 Å². The van der Waals surface area contributed by atoms with Gasteiger partial charge >= 0.3 is 1.43 Å². The first kappa shape index (κ1) is 109. The molecule has 0 fully saturated rings. The van der Waals surface area contributed by atoms with Gasteiger partial charge in [-0.15, -0.1) is 0 Å². The van der Waals surface area contributed by atoms with Gasteiger partial charge in [0, 0.05) is 56.1 Å². The highest BCUT2D eigenvalue weighted by Gasteiger charge is 2.41. The lowest BCUT2D eigenvalue weighted by Gasteiger charge is -2.36. The fourth-order valence-corrected chi connectivity index (χ4v) is 20.5. The smallest absolute Gasteiger partial charge is 0.508 e. The van der Waals surface area contributed by atoms with Crippen LogP contribution in [-0.2, 0) is 21.7 Å². The fraction of sp³-hybridized carbons (Fsp3) is 0.273. The summed E-state index contributed by atoms with van der Waals surface area (Å²) in [7, 11) is 0. The predicted molar refractivity (Wildman–Crippen MR) is 582 cm³/mol. The van der Waals surface area contributed by atoms with Crippen molar-refractivity contribution in [2.45, 2.75) is 234 Å². The van der Waals surface area contributed by atoms with Crippen LogP contribution in [0.5, 0.6) is 74.7 Å². The summed E-state index contributed by atoms with van der Waals surface area (Å²) in [6.07, 6.45) is 1.88. The third-order valence-electron chi connectivity index (χ3n) is 30.2. The summed E-state index contributed by atoms with van der Waals surface area (Å²) in [5, 5.41) is 144. The van der Waals surface area contributed by atoms with Crippen LogP contribution in [0.15, 0.2) is 212 Å². The molecule has 144 heavy (non-hydrogen) atoms. The number of carbonyl (C=O) groups is 3. The first-order valence-electron chi connectivity index (χ1n) is 47.8. The fourth-order valence-electron chi connectivity index (χ4n) is 20.5. The number of carbonyl (C=O) groups excluding carboxylic acids is 3. The molecule has 16 heteroatoms. The number of aryl methyl sites for hydroxylation is 20. The van der Waals surface area contributed by atoms with Crippen LogP contribution in [0.2, 0.25) is 0 Å². The van der Waals surface area contributed by atoms with Crippen molar-refractivity contribution < 1.29 is 82.2 Å². The molecule has 748 valence electrons. The Labute approximate surface area is 850 Å². The van der Waals surface area contributed by atoms with Gasteiger partial charge in [0.1, 0.15) is 74.7 Å². The standard InChI is InChI=1S/C83H88O9.C35H34O6.C8H10O.2CH4/c1-41-32-70(84)47(7)26-61(41)76(62-27-48(8)71(85)33-42(62)2)67-38-58(23-53(13)79(67)90)82(16,17)56-19-21-57(22-20-56)83(18,59-24-54(14)80(91)68(39-59)77(63-28-49(9)72(86)34-43(63)3)64-29-50(10)73(87)35-44(64)4)60-25-55(15)81(92)69(40-60)78(65-30-51(11)74(88)36-45(65)5)66-31-52(12)75(89)37-46(66)6;1-20-11-28(14-23(17-36)31(20)39)34(4,5)26-7-9-27(10-8-26)35(6,29-12-21(2)32(40)24(15-29)18-37)30-13-22(3)33(41)25(16-30)19-38;1-6-3-4-7(2)8(9)5-6;;/h19-40,76-78,84-92H,1-18H3;7-19,39-41H,1-6H3;3-5,9H,1-2H3;2*1H4/p+1. The summed E-state index contributed by atoms with van der Waals surface area (Å²) in [6, 6.07) is 67.8.